The first-order chi connectivity index (χ1) is 13.3. The van der Waals surface area contributed by atoms with Crippen LogP contribution in [0.3, 0.4) is 0 Å². The van der Waals surface area contributed by atoms with Crippen molar-refractivity contribution >= 4 is 18.6 Å². The van der Waals surface area contributed by atoms with E-state index in [-0.39, 0.29) is 28.6 Å². The molecular weight excluding hydrogens is 407 g/mol. The summed E-state index contributed by atoms with van der Waals surface area (Å²) >= 11 is 0. The van der Waals surface area contributed by atoms with Crippen LogP contribution in [0.5, 0.6) is 0 Å². The van der Waals surface area contributed by atoms with E-state index in [4.69, 9.17) is 15.6 Å². The maximum Gasteiger partial charge on any atom is 3.00 e. The monoisotopic (exact) mass is 435 g/mol. The summed E-state index contributed by atoms with van der Waals surface area (Å²) in [5, 5.41) is 45.4. The molecule has 2 fully saturated rings. The first-order valence-corrected chi connectivity index (χ1v) is 9.20. The summed E-state index contributed by atoms with van der Waals surface area (Å²) in [6.45, 7) is 2.53. The summed E-state index contributed by atoms with van der Waals surface area (Å²) in [5.41, 5.74) is 0.708. The van der Waals surface area contributed by atoms with Crippen LogP contribution in [0.2, 0.25) is 0 Å². The Balaban J connectivity index is 0.000000384. The fourth-order valence-corrected chi connectivity index (χ4v) is 2.61. The van der Waals surface area contributed by atoms with Gasteiger partial charge in [0.2, 0.25) is 0 Å². The fraction of sp³-hybridized carbons (Fsp3) is 0.611. The Morgan fingerprint density at radius 2 is 1.43 bits per heavy atom. The van der Waals surface area contributed by atoms with Gasteiger partial charge in [0.25, 0.3) is 0 Å². The van der Waals surface area contributed by atoms with E-state index in [1.807, 2.05) is 12.2 Å². The van der Waals surface area contributed by atoms with Crippen molar-refractivity contribution in [3.63, 3.8) is 0 Å². The van der Waals surface area contributed by atoms with Crippen molar-refractivity contribution in [2.75, 3.05) is 19.6 Å². The van der Waals surface area contributed by atoms with Gasteiger partial charge in [-0.3, -0.25) is 0 Å². The Morgan fingerprint density at radius 1 is 0.857 bits per heavy atom. The van der Waals surface area contributed by atoms with Gasteiger partial charge in [0.15, 0.2) is 0 Å². The quantitative estimate of drug-likeness (QED) is 0.266. The summed E-state index contributed by atoms with van der Waals surface area (Å²) in [7, 11) is 0. The third-order valence-corrected chi connectivity index (χ3v) is 3.99. The van der Waals surface area contributed by atoms with Gasteiger partial charge in [-0.1, -0.05) is 67.9 Å². The summed E-state index contributed by atoms with van der Waals surface area (Å²) < 4.78 is 0. The summed E-state index contributed by atoms with van der Waals surface area (Å²) in [6, 6.07) is 0.368. The molecule has 3 N–H and O–H groups in total. The Kier molecular flexibility index (Phi) is 17.2. The molecule has 9 nitrogen and oxygen atoms in total. The Morgan fingerprint density at radius 3 is 1.79 bits per heavy atom. The summed E-state index contributed by atoms with van der Waals surface area (Å²) in [6.07, 6.45) is 16.8. The molecule has 0 aliphatic carbocycles. The first-order valence-electron chi connectivity index (χ1n) is 9.20. The third-order valence-electron chi connectivity index (χ3n) is 3.99. The molecule has 3 aliphatic rings. The number of nitrogens with zero attached hydrogens (tertiary/aromatic N) is 6. The molecule has 1 radical (unpaired) electrons. The van der Waals surface area contributed by atoms with Crippen molar-refractivity contribution in [1.29, 1.82) is 0 Å². The molecule has 0 saturated carbocycles. The number of allylic oxidation sites excluding steroid dienone is 3. The predicted molar refractivity (Wildman–Crippen MR) is 108 cm³/mol. The predicted octanol–water partition coefficient (Wildman–Crippen LogP) is 4.02. The van der Waals surface area contributed by atoms with Gasteiger partial charge < -0.3 is 31.6 Å². The smallest absolute Gasteiger partial charge is 0.680 e. The molecule has 2 unspecified atom stereocenters. The van der Waals surface area contributed by atoms with E-state index in [2.05, 4.69) is 31.4 Å². The zero-order valence-electron chi connectivity index (χ0n) is 15.8. The van der Waals surface area contributed by atoms with Crippen molar-refractivity contribution in [1.82, 2.24) is 0 Å². The van der Waals surface area contributed by atoms with Crippen LogP contribution >= 0.6 is 0 Å². The standard InChI is InChI=1S/2C6H11N2O.C6H7N2O.Ni/c3*9-8-5-6-3-1-2-4-7-6;/h2*5-6,9H,1-4H2;1-3,5,9H,4H2;/q3*-1;+3/b3*8-5+;. The molecule has 2 atom stereocenters. The van der Waals surface area contributed by atoms with Crippen LogP contribution in [0.25, 0.3) is 16.0 Å². The van der Waals surface area contributed by atoms with Crippen molar-refractivity contribution in [3.05, 3.63) is 39.9 Å². The van der Waals surface area contributed by atoms with Gasteiger partial charge in [0, 0.05) is 12.4 Å². The van der Waals surface area contributed by atoms with Gasteiger partial charge in [0.05, 0.1) is 6.21 Å². The molecular formula is C18H29N6NiO3. The molecule has 2 saturated heterocycles. The Hall–Kier alpha value is -1.90. The van der Waals surface area contributed by atoms with Crippen LogP contribution in [-0.4, -0.2) is 66.0 Å². The topological polar surface area (TPSA) is 140 Å². The van der Waals surface area contributed by atoms with Crippen molar-refractivity contribution in [2.24, 2.45) is 15.5 Å². The SMILES string of the molecule is O/N=C/C1=CC=CC[N-]1.O/N=C/C1CCCC[N-]1.O/N=C/C1CCCC[N-]1.[Ni+3]. The van der Waals surface area contributed by atoms with E-state index in [0.29, 0.717) is 12.2 Å². The second kappa shape index (κ2) is 18.5. The Labute approximate surface area is 176 Å². The molecule has 0 aromatic rings. The second-order valence-electron chi connectivity index (χ2n) is 6.07. The van der Waals surface area contributed by atoms with Crippen molar-refractivity contribution < 1.29 is 32.1 Å². The molecule has 3 rings (SSSR count). The molecule has 0 spiro atoms. The normalized spacial score (nSPS) is 24.4. The number of hydrogen-bond acceptors (Lipinski definition) is 6. The largest absolute Gasteiger partial charge is 3.00 e. The molecule has 10 heteroatoms. The van der Waals surface area contributed by atoms with E-state index in [9.17, 15) is 0 Å². The van der Waals surface area contributed by atoms with Gasteiger partial charge in [-0.05, 0) is 0 Å². The van der Waals surface area contributed by atoms with Crippen LogP contribution in [0.4, 0.5) is 0 Å². The van der Waals surface area contributed by atoms with Gasteiger partial charge in [0.1, 0.15) is 0 Å². The molecule has 159 valence electrons. The third kappa shape index (κ3) is 13.3. The minimum atomic E-state index is 0. The zero-order chi connectivity index (χ0) is 19.6. The first kappa shape index (κ1) is 26.1. The van der Waals surface area contributed by atoms with Gasteiger partial charge in [-0.25, -0.2) is 0 Å². The van der Waals surface area contributed by atoms with E-state index >= 15 is 0 Å². The minimum absolute atomic E-state index is 0. The molecule has 0 amide bonds. The molecule has 3 aliphatic heterocycles. The fourth-order valence-electron chi connectivity index (χ4n) is 2.61. The summed E-state index contributed by atoms with van der Waals surface area (Å²) in [4.78, 5) is 0. The van der Waals surface area contributed by atoms with Crippen LogP contribution < -0.4 is 0 Å². The van der Waals surface area contributed by atoms with Crippen molar-refractivity contribution in [3.8, 4) is 0 Å². The van der Waals surface area contributed by atoms with Crippen LogP contribution in [0.15, 0.2) is 39.4 Å². The van der Waals surface area contributed by atoms with E-state index in [1.165, 1.54) is 44.3 Å². The zero-order valence-corrected chi connectivity index (χ0v) is 16.8. The molecule has 3 heterocycles. The number of rotatable bonds is 3. The average molecular weight is 436 g/mol. The van der Waals surface area contributed by atoms with Crippen LogP contribution in [-0.2, 0) is 16.5 Å². The Bertz CT molecular complexity index is 487. The molecule has 0 bridgehead atoms. The number of oxime groups is 3. The van der Waals surface area contributed by atoms with Crippen molar-refractivity contribution in [2.45, 2.75) is 50.6 Å². The van der Waals surface area contributed by atoms with E-state index in [0.717, 1.165) is 25.9 Å². The van der Waals surface area contributed by atoms with E-state index < -0.39 is 0 Å². The minimum Gasteiger partial charge on any atom is -0.680 e. The van der Waals surface area contributed by atoms with Crippen LogP contribution in [0, 0.1) is 0 Å². The summed E-state index contributed by atoms with van der Waals surface area (Å²) in [5.74, 6) is 0. The maximum atomic E-state index is 8.13. The van der Waals surface area contributed by atoms with Gasteiger partial charge in [-0.15, -0.1) is 41.7 Å². The maximum absolute atomic E-state index is 8.13. The molecule has 28 heavy (non-hydrogen) atoms. The number of piperidine rings is 2. The number of hydrogen-bond donors (Lipinski definition) is 3. The van der Waals surface area contributed by atoms with Gasteiger partial charge >= 0.3 is 16.5 Å². The average Bonchev–Trinajstić information content (AvgIpc) is 2.72. The second-order valence-corrected chi connectivity index (χ2v) is 6.07. The molecule has 0 aromatic carbocycles. The van der Waals surface area contributed by atoms with Gasteiger partial charge in [-0.2, -0.15) is 0 Å². The van der Waals surface area contributed by atoms with Crippen LogP contribution in [0.1, 0.15) is 38.5 Å². The molecule has 0 aromatic heterocycles. The van der Waals surface area contributed by atoms with E-state index in [1.54, 1.807) is 6.08 Å².